The number of aromatic nitrogens is 1. The minimum atomic E-state index is -0.486. The van der Waals surface area contributed by atoms with E-state index in [1.165, 1.54) is 12.1 Å². The Labute approximate surface area is 127 Å². The van der Waals surface area contributed by atoms with Crippen LogP contribution in [0.5, 0.6) is 0 Å². The van der Waals surface area contributed by atoms with Crippen molar-refractivity contribution in [1.29, 1.82) is 0 Å². The van der Waals surface area contributed by atoms with Gasteiger partial charge in [-0.15, -0.1) is 0 Å². The Balaban J connectivity index is 1.51. The zero-order valence-corrected chi connectivity index (χ0v) is 12.1. The van der Waals surface area contributed by atoms with Gasteiger partial charge in [-0.05, 0) is 24.3 Å². The normalized spacial score (nSPS) is 20.9. The molecular weight excluding hydrogens is 287 g/mol. The topological polar surface area (TPSA) is 54.6 Å². The Hall–Kier alpha value is -1.92. The number of carbonyl (C=O) groups excluding carboxylic acids is 1. The minimum absolute atomic E-state index is 0.0653. The van der Waals surface area contributed by atoms with E-state index in [0.29, 0.717) is 50.4 Å². The number of piperidine rings is 1. The van der Waals surface area contributed by atoms with Crippen LogP contribution < -0.4 is 0 Å². The quantitative estimate of drug-likeness (QED) is 0.879. The van der Waals surface area contributed by atoms with Crippen molar-refractivity contribution in [3.05, 3.63) is 35.8 Å². The number of benzene rings is 1. The highest BCUT2D eigenvalue weighted by atomic mass is 19.1. The van der Waals surface area contributed by atoms with Crippen molar-refractivity contribution in [1.82, 2.24) is 9.88 Å². The average Bonchev–Trinajstić information content (AvgIpc) is 3.14. The lowest BCUT2D eigenvalue weighted by atomic mass is 10.0. The molecule has 1 aromatic heterocycles. The Bertz CT molecular complexity index is 711. The summed E-state index contributed by atoms with van der Waals surface area (Å²) in [6, 6.07) is 6.23. The largest absolute Gasteiger partial charge is 0.350 e. The van der Waals surface area contributed by atoms with Crippen LogP contribution in [0.1, 0.15) is 23.3 Å². The van der Waals surface area contributed by atoms with Crippen molar-refractivity contribution in [2.24, 2.45) is 0 Å². The molecule has 2 saturated heterocycles. The van der Waals surface area contributed by atoms with Crippen LogP contribution in [-0.2, 0) is 9.47 Å². The Kier molecular flexibility index (Phi) is 3.16. The van der Waals surface area contributed by atoms with Gasteiger partial charge in [0.05, 0.1) is 13.2 Å². The number of nitrogens with one attached hydrogen (secondary N) is 1. The van der Waals surface area contributed by atoms with Gasteiger partial charge in [-0.2, -0.15) is 0 Å². The number of ether oxygens (including phenoxy) is 2. The Morgan fingerprint density at radius 1 is 1.18 bits per heavy atom. The number of hydrogen-bond donors (Lipinski definition) is 1. The molecule has 3 heterocycles. The molecule has 22 heavy (non-hydrogen) atoms. The van der Waals surface area contributed by atoms with E-state index < -0.39 is 5.79 Å². The van der Waals surface area contributed by atoms with Gasteiger partial charge in [0, 0.05) is 36.8 Å². The monoisotopic (exact) mass is 304 g/mol. The summed E-state index contributed by atoms with van der Waals surface area (Å²) in [6.45, 7) is 2.45. The molecule has 0 unspecified atom stereocenters. The maximum Gasteiger partial charge on any atom is 0.270 e. The molecule has 0 saturated carbocycles. The molecule has 2 aliphatic heterocycles. The SMILES string of the molecule is O=C(c1cc2ccc(F)cc2[nH]1)N1CCC2(CC1)OCCO2. The van der Waals surface area contributed by atoms with Crippen LogP contribution >= 0.6 is 0 Å². The van der Waals surface area contributed by atoms with E-state index in [4.69, 9.17) is 9.47 Å². The predicted molar refractivity (Wildman–Crippen MR) is 78.0 cm³/mol. The van der Waals surface area contributed by atoms with Gasteiger partial charge in [0.1, 0.15) is 11.5 Å². The summed E-state index contributed by atoms with van der Waals surface area (Å²) in [6.07, 6.45) is 1.38. The number of likely N-dealkylation sites (tertiary alicyclic amines) is 1. The van der Waals surface area contributed by atoms with E-state index in [2.05, 4.69) is 4.98 Å². The van der Waals surface area contributed by atoms with Crippen molar-refractivity contribution in [2.45, 2.75) is 18.6 Å². The number of H-pyrrole nitrogens is 1. The van der Waals surface area contributed by atoms with Crippen LogP contribution in [0.2, 0.25) is 0 Å². The maximum absolute atomic E-state index is 13.2. The lowest BCUT2D eigenvalue weighted by molar-refractivity contribution is -0.181. The summed E-state index contributed by atoms with van der Waals surface area (Å²) in [4.78, 5) is 17.4. The lowest BCUT2D eigenvalue weighted by Gasteiger charge is -2.37. The van der Waals surface area contributed by atoms with E-state index in [-0.39, 0.29) is 11.7 Å². The fourth-order valence-electron chi connectivity index (χ4n) is 3.22. The van der Waals surface area contributed by atoms with Gasteiger partial charge < -0.3 is 19.4 Å². The fourth-order valence-corrected chi connectivity index (χ4v) is 3.22. The number of halogens is 1. The summed E-state index contributed by atoms with van der Waals surface area (Å²) < 4.78 is 24.6. The Morgan fingerprint density at radius 2 is 1.91 bits per heavy atom. The fraction of sp³-hybridized carbons (Fsp3) is 0.438. The van der Waals surface area contributed by atoms with Crippen LogP contribution in [0, 0.1) is 5.82 Å². The molecule has 0 atom stereocenters. The molecule has 2 aromatic rings. The summed E-state index contributed by atoms with van der Waals surface area (Å²) in [5, 5.41) is 0.834. The predicted octanol–water partition coefficient (Wildman–Crippen LogP) is 2.29. The molecule has 0 bridgehead atoms. The van der Waals surface area contributed by atoms with E-state index in [0.717, 1.165) is 5.39 Å². The van der Waals surface area contributed by atoms with Crippen LogP contribution in [0.15, 0.2) is 24.3 Å². The van der Waals surface area contributed by atoms with Gasteiger partial charge >= 0.3 is 0 Å². The van der Waals surface area contributed by atoms with E-state index in [1.54, 1.807) is 17.0 Å². The molecule has 5 nitrogen and oxygen atoms in total. The summed E-state index contributed by atoms with van der Waals surface area (Å²) in [5.41, 5.74) is 1.13. The molecule has 1 aromatic carbocycles. The molecular formula is C16H17FN2O3. The molecule has 2 fully saturated rings. The van der Waals surface area contributed by atoms with Crippen molar-refractivity contribution >= 4 is 16.8 Å². The van der Waals surface area contributed by atoms with E-state index in [9.17, 15) is 9.18 Å². The van der Waals surface area contributed by atoms with Gasteiger partial charge in [-0.1, -0.05) is 0 Å². The number of amides is 1. The highest BCUT2D eigenvalue weighted by molar-refractivity contribution is 5.98. The number of fused-ring (bicyclic) bond motifs is 1. The van der Waals surface area contributed by atoms with Crippen molar-refractivity contribution < 1.29 is 18.7 Å². The third-order valence-corrected chi connectivity index (χ3v) is 4.44. The minimum Gasteiger partial charge on any atom is -0.350 e. The van der Waals surface area contributed by atoms with Crippen LogP contribution in [-0.4, -0.2) is 47.9 Å². The Morgan fingerprint density at radius 3 is 2.64 bits per heavy atom. The third kappa shape index (κ3) is 2.28. The average molecular weight is 304 g/mol. The number of carbonyl (C=O) groups is 1. The first kappa shape index (κ1) is 13.7. The van der Waals surface area contributed by atoms with Crippen LogP contribution in [0.4, 0.5) is 4.39 Å². The molecule has 6 heteroatoms. The molecule has 0 aliphatic carbocycles. The van der Waals surface area contributed by atoms with Gasteiger partial charge in [0.25, 0.3) is 5.91 Å². The zero-order valence-electron chi connectivity index (χ0n) is 12.1. The van der Waals surface area contributed by atoms with E-state index >= 15 is 0 Å². The second-order valence-electron chi connectivity index (χ2n) is 5.81. The van der Waals surface area contributed by atoms with Gasteiger partial charge in [-0.3, -0.25) is 4.79 Å². The van der Waals surface area contributed by atoms with Crippen molar-refractivity contribution in [3.63, 3.8) is 0 Å². The maximum atomic E-state index is 13.2. The molecule has 1 spiro atoms. The zero-order chi connectivity index (χ0) is 15.2. The number of hydrogen-bond acceptors (Lipinski definition) is 3. The molecule has 2 aliphatic rings. The molecule has 1 N–H and O–H groups in total. The first-order valence-electron chi connectivity index (χ1n) is 7.51. The van der Waals surface area contributed by atoms with Crippen molar-refractivity contribution in [3.8, 4) is 0 Å². The van der Waals surface area contributed by atoms with Gasteiger partial charge in [0.15, 0.2) is 5.79 Å². The second kappa shape index (κ2) is 5.07. The highest BCUT2D eigenvalue weighted by Crippen LogP contribution is 2.31. The molecule has 4 rings (SSSR count). The summed E-state index contributed by atoms with van der Waals surface area (Å²) in [7, 11) is 0. The molecule has 116 valence electrons. The number of aromatic amines is 1. The number of rotatable bonds is 1. The lowest BCUT2D eigenvalue weighted by Crippen LogP contribution is -2.47. The summed E-state index contributed by atoms with van der Waals surface area (Å²) >= 11 is 0. The van der Waals surface area contributed by atoms with Gasteiger partial charge in [0.2, 0.25) is 0 Å². The highest BCUT2D eigenvalue weighted by Gasteiger charge is 2.41. The smallest absolute Gasteiger partial charge is 0.270 e. The van der Waals surface area contributed by atoms with Gasteiger partial charge in [-0.25, -0.2) is 4.39 Å². The standard InChI is InChI=1S/C16H17FN2O3/c17-12-2-1-11-9-14(18-13(11)10-12)15(20)19-5-3-16(4-6-19)21-7-8-22-16/h1-2,9-10,18H,3-8H2. The number of nitrogens with zero attached hydrogens (tertiary/aromatic N) is 1. The van der Waals surface area contributed by atoms with Crippen LogP contribution in [0.3, 0.4) is 0 Å². The van der Waals surface area contributed by atoms with E-state index in [1.807, 2.05) is 0 Å². The van der Waals surface area contributed by atoms with Crippen LogP contribution in [0.25, 0.3) is 10.9 Å². The van der Waals surface area contributed by atoms with Crippen molar-refractivity contribution in [2.75, 3.05) is 26.3 Å². The second-order valence-corrected chi connectivity index (χ2v) is 5.81. The molecule has 0 radical (unpaired) electrons. The summed E-state index contributed by atoms with van der Waals surface area (Å²) in [5.74, 6) is -0.867. The third-order valence-electron chi connectivity index (χ3n) is 4.44. The first-order valence-corrected chi connectivity index (χ1v) is 7.51. The first-order chi connectivity index (χ1) is 10.7. The molecule has 1 amide bonds.